The maximum atomic E-state index is 14.3. The van der Waals surface area contributed by atoms with Crippen molar-refractivity contribution in [3.8, 4) is 5.69 Å². The number of anilines is 1. The van der Waals surface area contributed by atoms with E-state index >= 15 is 0 Å². The molecule has 0 atom stereocenters. The Kier molecular flexibility index (Phi) is 13.5. The maximum absolute atomic E-state index is 14.3. The lowest BCUT2D eigenvalue weighted by molar-refractivity contribution is -0.115. The van der Waals surface area contributed by atoms with Crippen molar-refractivity contribution in [2.24, 2.45) is 0 Å². The van der Waals surface area contributed by atoms with Gasteiger partial charge in [0.15, 0.2) is 5.69 Å². The van der Waals surface area contributed by atoms with Crippen LogP contribution in [-0.2, 0) is 24.2 Å². The van der Waals surface area contributed by atoms with Crippen LogP contribution in [0.5, 0.6) is 0 Å². The number of unbranched alkanes of at least 4 members (excludes halogenated alkanes) is 2. The maximum Gasteiger partial charge on any atom is 0.274 e. The Balaban J connectivity index is 0.00000255. The molecule has 0 fully saturated rings. The minimum atomic E-state index is -0.182. The lowest BCUT2D eigenvalue weighted by Crippen LogP contribution is -2.36. The number of nitrogens with one attached hydrogen (secondary N) is 1. The van der Waals surface area contributed by atoms with Gasteiger partial charge in [-0.05, 0) is 79.3 Å². The second kappa shape index (κ2) is 17.8. The number of rotatable bonds is 12. The SMILES string of the molecule is CCCCN(CCCC)C(=O)c1cc(C)n(-c2ccc(NC(=O)Cc3cccc(Br)c3)cc2C(=O)N2CCc3ccccc3C2)n1.CO. The molecular weight excluding hydrogens is 670 g/mol. The van der Waals surface area contributed by atoms with E-state index in [1.807, 2.05) is 53.1 Å². The second-order valence-electron chi connectivity index (χ2n) is 11.9. The third-order valence-electron chi connectivity index (χ3n) is 8.37. The van der Waals surface area contributed by atoms with Crippen LogP contribution in [0.1, 0.15) is 82.8 Å². The molecule has 0 radical (unpaired) electrons. The fraction of sp³-hybridized carbons (Fsp3) is 0.368. The highest BCUT2D eigenvalue weighted by Crippen LogP contribution is 2.27. The first kappa shape index (κ1) is 36.6. The fourth-order valence-electron chi connectivity index (χ4n) is 5.84. The Labute approximate surface area is 292 Å². The molecule has 4 aromatic rings. The summed E-state index contributed by atoms with van der Waals surface area (Å²) in [5, 5.41) is 14.7. The van der Waals surface area contributed by atoms with Gasteiger partial charge >= 0.3 is 0 Å². The number of fused-ring (bicyclic) bond motifs is 1. The van der Waals surface area contributed by atoms with E-state index in [2.05, 4.69) is 47.2 Å². The van der Waals surface area contributed by atoms with Crippen molar-refractivity contribution in [1.82, 2.24) is 19.6 Å². The first-order chi connectivity index (χ1) is 23.3. The summed E-state index contributed by atoms with van der Waals surface area (Å²) in [5.41, 5.74) is 5.88. The number of amides is 3. The molecule has 0 aliphatic carbocycles. The quantitative estimate of drug-likeness (QED) is 0.165. The molecule has 1 aliphatic heterocycles. The molecule has 0 bridgehead atoms. The molecule has 3 amide bonds. The van der Waals surface area contributed by atoms with Gasteiger partial charge in [-0.3, -0.25) is 14.4 Å². The van der Waals surface area contributed by atoms with Crippen molar-refractivity contribution in [2.45, 2.75) is 65.8 Å². The van der Waals surface area contributed by atoms with Crippen LogP contribution in [0.4, 0.5) is 5.69 Å². The number of halogens is 1. The Morgan fingerprint density at radius 1 is 0.917 bits per heavy atom. The highest BCUT2D eigenvalue weighted by atomic mass is 79.9. The number of aliphatic hydroxyl groups is 1. The number of nitrogens with zero attached hydrogens (tertiary/aromatic N) is 4. The van der Waals surface area contributed by atoms with Gasteiger partial charge in [-0.25, -0.2) is 4.68 Å². The minimum absolute atomic E-state index is 0.0966. The van der Waals surface area contributed by atoms with Crippen LogP contribution in [0.25, 0.3) is 5.69 Å². The number of carbonyl (C=O) groups is 3. The van der Waals surface area contributed by atoms with E-state index in [-0.39, 0.29) is 24.1 Å². The second-order valence-corrected chi connectivity index (χ2v) is 12.8. The normalized spacial score (nSPS) is 12.1. The van der Waals surface area contributed by atoms with Crippen molar-refractivity contribution in [2.75, 3.05) is 32.1 Å². The summed E-state index contributed by atoms with van der Waals surface area (Å²) >= 11 is 3.46. The van der Waals surface area contributed by atoms with Gasteiger partial charge in [0.2, 0.25) is 5.91 Å². The van der Waals surface area contributed by atoms with Gasteiger partial charge in [0.25, 0.3) is 11.8 Å². The zero-order valence-electron chi connectivity index (χ0n) is 28.3. The zero-order chi connectivity index (χ0) is 34.6. The number of carbonyl (C=O) groups excluding carboxylic acids is 3. The molecule has 3 aromatic carbocycles. The van der Waals surface area contributed by atoms with Crippen LogP contribution in [0.2, 0.25) is 0 Å². The van der Waals surface area contributed by atoms with Crippen molar-refractivity contribution in [3.05, 3.63) is 111 Å². The van der Waals surface area contributed by atoms with E-state index in [4.69, 9.17) is 10.2 Å². The predicted octanol–water partition coefficient (Wildman–Crippen LogP) is 6.97. The first-order valence-electron chi connectivity index (χ1n) is 16.6. The van der Waals surface area contributed by atoms with E-state index in [0.29, 0.717) is 48.8 Å². The van der Waals surface area contributed by atoms with Crippen molar-refractivity contribution in [1.29, 1.82) is 0 Å². The molecule has 10 heteroatoms. The van der Waals surface area contributed by atoms with Crippen LogP contribution >= 0.6 is 15.9 Å². The van der Waals surface area contributed by atoms with Crippen LogP contribution in [-0.4, -0.2) is 69.2 Å². The monoisotopic (exact) mass is 715 g/mol. The summed E-state index contributed by atoms with van der Waals surface area (Å²) in [6.45, 7) is 8.60. The number of benzene rings is 3. The van der Waals surface area contributed by atoms with E-state index in [0.717, 1.165) is 60.5 Å². The Morgan fingerprint density at radius 2 is 1.62 bits per heavy atom. The summed E-state index contributed by atoms with van der Waals surface area (Å²) in [5.74, 6) is -0.429. The average Bonchev–Trinajstić information content (AvgIpc) is 3.49. The Morgan fingerprint density at radius 3 is 2.31 bits per heavy atom. The number of hydrogen-bond acceptors (Lipinski definition) is 5. The van der Waals surface area contributed by atoms with Gasteiger partial charge in [-0.15, -0.1) is 0 Å². The standard InChI is InChI=1S/C37H42BrN5O3.CH4O/c1-4-6-18-41(19-7-5-2)37(46)33-21-26(3)43(40-33)34-16-15-31(39-35(44)23-27-11-10-14-30(38)22-27)24-32(34)36(45)42-20-17-28-12-8-9-13-29(28)25-42;1-2/h8-16,21-22,24H,4-7,17-20,23,25H2,1-3H3,(H,39,44);2H,1H3. The summed E-state index contributed by atoms with van der Waals surface area (Å²) in [4.78, 5) is 44.6. The summed E-state index contributed by atoms with van der Waals surface area (Å²) in [7, 11) is 1.00. The lowest BCUT2D eigenvalue weighted by atomic mass is 9.99. The van der Waals surface area contributed by atoms with Gasteiger partial charge < -0.3 is 20.2 Å². The molecule has 0 saturated heterocycles. The molecule has 5 rings (SSSR count). The van der Waals surface area contributed by atoms with Crippen LogP contribution in [0.3, 0.4) is 0 Å². The van der Waals surface area contributed by atoms with Crippen molar-refractivity contribution >= 4 is 39.3 Å². The van der Waals surface area contributed by atoms with Gasteiger partial charge in [0.1, 0.15) is 0 Å². The highest BCUT2D eigenvalue weighted by molar-refractivity contribution is 9.10. The van der Waals surface area contributed by atoms with Crippen LogP contribution < -0.4 is 5.32 Å². The molecule has 1 aliphatic rings. The smallest absolute Gasteiger partial charge is 0.274 e. The Hall–Kier alpha value is -4.28. The van der Waals surface area contributed by atoms with Crippen LogP contribution in [0, 0.1) is 6.92 Å². The largest absolute Gasteiger partial charge is 0.400 e. The third-order valence-corrected chi connectivity index (χ3v) is 8.86. The number of aryl methyl sites for hydroxylation is 1. The molecule has 0 unspecified atom stereocenters. The van der Waals surface area contributed by atoms with Gasteiger partial charge in [-0.1, -0.05) is 79.0 Å². The van der Waals surface area contributed by atoms with Crippen LogP contribution in [0.15, 0.2) is 77.3 Å². The molecular formula is C38H46BrN5O4. The van der Waals surface area contributed by atoms with E-state index in [1.54, 1.807) is 28.9 Å². The molecule has 0 saturated carbocycles. The van der Waals surface area contributed by atoms with E-state index in [9.17, 15) is 14.4 Å². The minimum Gasteiger partial charge on any atom is -0.400 e. The van der Waals surface area contributed by atoms with Gasteiger partial charge in [0.05, 0.1) is 17.7 Å². The molecule has 254 valence electrons. The highest BCUT2D eigenvalue weighted by Gasteiger charge is 2.27. The Bertz CT molecular complexity index is 1710. The van der Waals surface area contributed by atoms with E-state index in [1.165, 1.54) is 5.56 Å². The van der Waals surface area contributed by atoms with Gasteiger partial charge in [0, 0.05) is 49.1 Å². The summed E-state index contributed by atoms with van der Waals surface area (Å²) in [6, 6.07) is 22.9. The third kappa shape index (κ3) is 9.20. The number of hydrogen-bond donors (Lipinski definition) is 2. The first-order valence-corrected chi connectivity index (χ1v) is 17.4. The zero-order valence-corrected chi connectivity index (χ0v) is 29.9. The molecule has 9 nitrogen and oxygen atoms in total. The molecule has 2 N–H and O–H groups in total. The average molecular weight is 717 g/mol. The number of aliphatic hydroxyl groups excluding tert-OH is 1. The summed E-state index contributed by atoms with van der Waals surface area (Å²) < 4.78 is 2.59. The van der Waals surface area contributed by atoms with Gasteiger partial charge in [-0.2, -0.15) is 5.10 Å². The summed E-state index contributed by atoms with van der Waals surface area (Å²) in [6.07, 6.45) is 4.83. The van der Waals surface area contributed by atoms with E-state index < -0.39 is 0 Å². The predicted molar refractivity (Wildman–Crippen MR) is 194 cm³/mol. The molecule has 48 heavy (non-hydrogen) atoms. The molecule has 1 aromatic heterocycles. The fourth-order valence-corrected chi connectivity index (χ4v) is 6.29. The topological polar surface area (TPSA) is 108 Å². The van der Waals surface area contributed by atoms with Crippen molar-refractivity contribution < 1.29 is 19.5 Å². The molecule has 2 heterocycles. The lowest BCUT2D eigenvalue weighted by Gasteiger charge is -2.29. The molecule has 0 spiro atoms. The van der Waals surface area contributed by atoms with Crippen molar-refractivity contribution in [3.63, 3.8) is 0 Å². The number of aromatic nitrogens is 2.